The molecule has 3 aromatic rings. The highest BCUT2D eigenvalue weighted by Crippen LogP contribution is 2.18. The summed E-state index contributed by atoms with van der Waals surface area (Å²) < 4.78 is 27.3. The number of anilines is 3. The number of nitrogens with one attached hydrogen (secondary N) is 3. The average Bonchev–Trinajstić information content (AvgIpc) is 2.74. The third-order valence-electron chi connectivity index (χ3n) is 4.17. The monoisotopic (exact) mass is 439 g/mol. The largest absolute Gasteiger partial charge is 0.326 e. The summed E-state index contributed by atoms with van der Waals surface area (Å²) in [6.45, 7) is 3.46. The van der Waals surface area contributed by atoms with Crippen LogP contribution in [-0.4, -0.2) is 30.2 Å². The molecule has 2 amide bonds. The van der Waals surface area contributed by atoms with Crippen LogP contribution in [0.25, 0.3) is 0 Å². The highest BCUT2D eigenvalue weighted by molar-refractivity contribution is 7.92. The molecule has 0 radical (unpaired) electrons. The number of hydrogen-bond donors (Lipinski definition) is 3. The minimum atomic E-state index is -3.88. The van der Waals surface area contributed by atoms with E-state index in [0.717, 1.165) is 0 Å². The van der Waals surface area contributed by atoms with Crippen LogP contribution in [0.5, 0.6) is 0 Å². The lowest BCUT2D eigenvalue weighted by Crippen LogP contribution is -2.16. The fourth-order valence-electron chi connectivity index (χ4n) is 2.59. The van der Waals surface area contributed by atoms with Crippen molar-refractivity contribution in [2.75, 3.05) is 15.4 Å². The van der Waals surface area contributed by atoms with Gasteiger partial charge in [0.25, 0.3) is 15.9 Å². The number of benzene rings is 2. The van der Waals surface area contributed by atoms with Crippen LogP contribution in [-0.2, 0) is 14.8 Å². The fourth-order valence-corrected chi connectivity index (χ4v) is 3.54. The Balaban J connectivity index is 1.69. The zero-order valence-electron chi connectivity index (χ0n) is 16.9. The van der Waals surface area contributed by atoms with E-state index in [-0.39, 0.29) is 16.8 Å². The first-order chi connectivity index (χ1) is 14.8. The fraction of sp³-hybridized carbons (Fsp3) is 0.143. The molecule has 0 aliphatic heterocycles. The molecule has 31 heavy (non-hydrogen) atoms. The first-order valence-electron chi connectivity index (χ1n) is 9.40. The van der Waals surface area contributed by atoms with Gasteiger partial charge in [-0.15, -0.1) is 0 Å². The summed E-state index contributed by atoms with van der Waals surface area (Å²) in [6.07, 6.45) is 1.79. The van der Waals surface area contributed by atoms with Gasteiger partial charge in [0.05, 0.1) is 4.90 Å². The average molecular weight is 439 g/mol. The normalized spacial score (nSPS) is 10.9. The Labute approximate surface area is 180 Å². The van der Waals surface area contributed by atoms with E-state index in [1.165, 1.54) is 30.5 Å². The number of aromatic nitrogens is 2. The van der Waals surface area contributed by atoms with Gasteiger partial charge in [0.1, 0.15) is 0 Å². The zero-order chi connectivity index (χ0) is 22.4. The standard InChI is InChI=1S/C21H21N5O4S/c1-3-19(27)24-17-6-4-5-15(13-17)20(28)25-16-7-9-18(10-8-16)31(29,30)26-21-22-12-11-14(2)23-21/h4-13H,3H2,1-2H3,(H,24,27)(H,25,28)(H,22,23,26). The lowest BCUT2D eigenvalue weighted by atomic mass is 10.1. The molecule has 10 heteroatoms. The van der Waals surface area contributed by atoms with E-state index in [1.807, 2.05) is 0 Å². The Kier molecular flexibility index (Phi) is 6.61. The molecule has 160 valence electrons. The maximum absolute atomic E-state index is 12.5. The number of sulfonamides is 1. The number of carbonyl (C=O) groups excluding carboxylic acids is 2. The molecule has 9 nitrogen and oxygen atoms in total. The van der Waals surface area contributed by atoms with E-state index in [9.17, 15) is 18.0 Å². The van der Waals surface area contributed by atoms with Crippen LogP contribution in [0.3, 0.4) is 0 Å². The smallest absolute Gasteiger partial charge is 0.264 e. The summed E-state index contributed by atoms with van der Waals surface area (Å²) in [7, 11) is -3.88. The third kappa shape index (κ3) is 5.86. The molecule has 3 N–H and O–H groups in total. The van der Waals surface area contributed by atoms with E-state index in [2.05, 4.69) is 25.3 Å². The highest BCUT2D eigenvalue weighted by atomic mass is 32.2. The Morgan fingerprint density at radius 2 is 1.71 bits per heavy atom. The van der Waals surface area contributed by atoms with E-state index < -0.39 is 15.9 Å². The van der Waals surface area contributed by atoms with Crippen molar-refractivity contribution in [3.8, 4) is 0 Å². The number of nitrogens with zero attached hydrogens (tertiary/aromatic N) is 2. The summed E-state index contributed by atoms with van der Waals surface area (Å²) in [5.41, 5.74) is 1.91. The molecule has 0 unspecified atom stereocenters. The molecule has 0 saturated heterocycles. The van der Waals surface area contributed by atoms with Crippen LogP contribution in [0.2, 0.25) is 0 Å². The first kappa shape index (κ1) is 21.9. The van der Waals surface area contributed by atoms with Gasteiger partial charge >= 0.3 is 0 Å². The summed E-state index contributed by atoms with van der Waals surface area (Å²) in [4.78, 5) is 31.9. The van der Waals surface area contributed by atoms with Gasteiger partial charge in [-0.1, -0.05) is 13.0 Å². The van der Waals surface area contributed by atoms with Crippen molar-refractivity contribution in [2.45, 2.75) is 25.2 Å². The first-order valence-corrected chi connectivity index (χ1v) is 10.9. The van der Waals surface area contributed by atoms with Crippen LogP contribution in [0, 0.1) is 6.92 Å². The number of aryl methyl sites for hydroxylation is 1. The minimum absolute atomic E-state index is 0.000111. The van der Waals surface area contributed by atoms with Crippen LogP contribution in [0.4, 0.5) is 17.3 Å². The molecule has 3 rings (SSSR count). The SMILES string of the molecule is CCC(=O)Nc1cccc(C(=O)Nc2ccc(S(=O)(=O)Nc3nccc(C)n3)cc2)c1. The second-order valence-electron chi connectivity index (χ2n) is 6.59. The number of amides is 2. The lowest BCUT2D eigenvalue weighted by Gasteiger charge is -2.10. The molecule has 0 bridgehead atoms. The van der Waals surface area contributed by atoms with Crippen molar-refractivity contribution in [3.63, 3.8) is 0 Å². The van der Waals surface area contributed by atoms with Gasteiger partial charge in [0.2, 0.25) is 11.9 Å². The van der Waals surface area contributed by atoms with Gasteiger partial charge in [-0.25, -0.2) is 23.1 Å². The molecule has 1 aromatic heterocycles. The Morgan fingerprint density at radius 3 is 2.39 bits per heavy atom. The molecule has 0 aliphatic rings. The topological polar surface area (TPSA) is 130 Å². The summed E-state index contributed by atoms with van der Waals surface area (Å²) >= 11 is 0. The molecule has 2 aromatic carbocycles. The summed E-state index contributed by atoms with van der Waals surface area (Å²) in [6, 6.07) is 13.9. The van der Waals surface area contributed by atoms with E-state index in [4.69, 9.17) is 0 Å². The van der Waals surface area contributed by atoms with Crippen LogP contribution in [0.1, 0.15) is 29.4 Å². The molecular weight excluding hydrogens is 418 g/mol. The van der Waals surface area contributed by atoms with Crippen LogP contribution >= 0.6 is 0 Å². The molecule has 0 aliphatic carbocycles. The van der Waals surface area contributed by atoms with E-state index in [1.54, 1.807) is 44.2 Å². The summed E-state index contributed by atoms with van der Waals surface area (Å²) in [5.74, 6) is -0.569. The number of rotatable bonds is 7. The molecule has 0 spiro atoms. The summed E-state index contributed by atoms with van der Waals surface area (Å²) in [5, 5.41) is 5.39. The van der Waals surface area contributed by atoms with Crippen molar-refractivity contribution in [2.24, 2.45) is 0 Å². The number of carbonyl (C=O) groups is 2. The number of hydrogen-bond acceptors (Lipinski definition) is 6. The Morgan fingerprint density at radius 1 is 0.968 bits per heavy atom. The predicted molar refractivity (Wildman–Crippen MR) is 117 cm³/mol. The Bertz CT molecular complexity index is 1210. The zero-order valence-corrected chi connectivity index (χ0v) is 17.7. The van der Waals surface area contributed by atoms with Gasteiger partial charge in [0.15, 0.2) is 0 Å². The van der Waals surface area contributed by atoms with Crippen molar-refractivity contribution in [1.29, 1.82) is 0 Å². The molecular formula is C21H21N5O4S. The third-order valence-corrected chi connectivity index (χ3v) is 5.52. The van der Waals surface area contributed by atoms with Crippen molar-refractivity contribution >= 4 is 39.2 Å². The lowest BCUT2D eigenvalue weighted by molar-refractivity contribution is -0.115. The van der Waals surface area contributed by atoms with Crippen molar-refractivity contribution < 1.29 is 18.0 Å². The quantitative estimate of drug-likeness (QED) is 0.518. The van der Waals surface area contributed by atoms with E-state index >= 15 is 0 Å². The van der Waals surface area contributed by atoms with Gasteiger partial charge in [-0.3, -0.25) is 9.59 Å². The minimum Gasteiger partial charge on any atom is -0.326 e. The maximum Gasteiger partial charge on any atom is 0.264 e. The van der Waals surface area contributed by atoms with Gasteiger partial charge in [-0.05, 0) is 55.5 Å². The highest BCUT2D eigenvalue weighted by Gasteiger charge is 2.16. The van der Waals surface area contributed by atoms with Crippen molar-refractivity contribution in [3.05, 3.63) is 72.1 Å². The van der Waals surface area contributed by atoms with Gasteiger partial charge in [0, 0.05) is 35.2 Å². The van der Waals surface area contributed by atoms with E-state index in [0.29, 0.717) is 29.1 Å². The van der Waals surface area contributed by atoms with Crippen LogP contribution < -0.4 is 15.4 Å². The molecule has 0 saturated carbocycles. The van der Waals surface area contributed by atoms with Crippen LogP contribution in [0.15, 0.2) is 65.7 Å². The van der Waals surface area contributed by atoms with Gasteiger partial charge < -0.3 is 10.6 Å². The predicted octanol–water partition coefficient (Wildman–Crippen LogP) is 3.19. The van der Waals surface area contributed by atoms with Crippen molar-refractivity contribution in [1.82, 2.24) is 9.97 Å². The molecule has 1 heterocycles. The second-order valence-corrected chi connectivity index (χ2v) is 8.27. The maximum atomic E-state index is 12.5. The Hall–Kier alpha value is -3.79. The molecule has 0 atom stereocenters. The second kappa shape index (κ2) is 9.35. The molecule has 0 fully saturated rings. The van der Waals surface area contributed by atoms with Gasteiger partial charge in [-0.2, -0.15) is 0 Å².